The monoisotopic (exact) mass is 586 g/mol. The molecular weight excluding hydrogens is 562 g/mol. The van der Waals surface area contributed by atoms with Gasteiger partial charge < -0.3 is 14.7 Å². The van der Waals surface area contributed by atoms with Gasteiger partial charge in [0.2, 0.25) is 0 Å². The minimum atomic E-state index is -3.92. The third-order valence-corrected chi connectivity index (χ3v) is 9.08. The lowest BCUT2D eigenvalue weighted by Gasteiger charge is -2.39. The van der Waals surface area contributed by atoms with E-state index in [4.69, 9.17) is 11.6 Å². The van der Waals surface area contributed by atoms with E-state index in [1.807, 2.05) is 0 Å². The van der Waals surface area contributed by atoms with E-state index in [9.17, 15) is 27.1 Å². The fraction of sp³-hybridized carbons (Fsp3) is 0.241. The Hall–Kier alpha value is -3.60. The summed E-state index contributed by atoms with van der Waals surface area (Å²) in [6.07, 6.45) is 1.89. The average Bonchev–Trinajstić information content (AvgIpc) is 2.92. The zero-order chi connectivity index (χ0) is 28.5. The van der Waals surface area contributed by atoms with Crippen LogP contribution < -0.4 is 4.74 Å². The number of alkyl halides is 2. The van der Waals surface area contributed by atoms with Gasteiger partial charge in [0.05, 0.1) is 27.3 Å². The van der Waals surface area contributed by atoms with E-state index in [-0.39, 0.29) is 42.0 Å². The Labute approximate surface area is 234 Å². The van der Waals surface area contributed by atoms with Crippen molar-refractivity contribution in [2.24, 2.45) is 0 Å². The van der Waals surface area contributed by atoms with E-state index in [1.54, 1.807) is 48.5 Å². The molecule has 2 heterocycles. The number of pyridine rings is 1. The Morgan fingerprint density at radius 2 is 1.77 bits per heavy atom. The molecule has 1 amide bonds. The topological polar surface area (TPSA) is 96.8 Å². The molecule has 208 valence electrons. The molecule has 5 rings (SSSR count). The summed E-state index contributed by atoms with van der Waals surface area (Å²) in [5, 5.41) is 12.2. The lowest BCUT2D eigenvalue weighted by molar-refractivity contribution is -0.0505. The van der Waals surface area contributed by atoms with Crippen molar-refractivity contribution in [1.29, 1.82) is 0 Å². The summed E-state index contributed by atoms with van der Waals surface area (Å²) in [5.41, 5.74) is -0.310. The van der Waals surface area contributed by atoms with E-state index in [0.29, 0.717) is 21.5 Å². The van der Waals surface area contributed by atoms with Gasteiger partial charge in [0, 0.05) is 35.3 Å². The van der Waals surface area contributed by atoms with Crippen molar-refractivity contribution in [1.82, 2.24) is 9.88 Å². The van der Waals surface area contributed by atoms with E-state index >= 15 is 0 Å². The number of piperidine rings is 1. The van der Waals surface area contributed by atoms with Crippen molar-refractivity contribution in [2.75, 3.05) is 13.1 Å². The Balaban J connectivity index is 1.38. The van der Waals surface area contributed by atoms with Crippen molar-refractivity contribution in [3.63, 3.8) is 0 Å². The van der Waals surface area contributed by atoms with Crippen molar-refractivity contribution in [2.45, 2.75) is 35.7 Å². The largest absolute Gasteiger partial charge is 0.434 e. The van der Waals surface area contributed by atoms with E-state index in [0.717, 1.165) is 6.07 Å². The summed E-state index contributed by atoms with van der Waals surface area (Å²) in [5.74, 6) is -1.49. The third kappa shape index (κ3) is 5.65. The van der Waals surface area contributed by atoms with Gasteiger partial charge in [-0.3, -0.25) is 9.78 Å². The standard InChI is InChI=1S/C29H25ClF2N2O5S/c30-23-8-2-1-7-22(23)29(36)12-15-34(16-13-29)27(35)21-11-10-19(17-24(21)39-28(31)32)18-40(37,38)25-9-3-5-20-6-4-14-33-26(20)25/h1-11,14,17,28,36H,12-13,15-16,18H2. The van der Waals surface area contributed by atoms with Crippen LogP contribution in [-0.4, -0.2) is 49.0 Å². The highest BCUT2D eigenvalue weighted by Gasteiger charge is 2.37. The maximum absolute atomic E-state index is 13.3. The van der Waals surface area contributed by atoms with Crippen LogP contribution >= 0.6 is 11.6 Å². The molecule has 0 atom stereocenters. The number of likely N-dealkylation sites (tertiary alicyclic amines) is 1. The smallest absolute Gasteiger partial charge is 0.387 e. The third-order valence-electron chi connectivity index (χ3n) is 7.03. The molecule has 11 heteroatoms. The van der Waals surface area contributed by atoms with Crippen LogP contribution in [0.25, 0.3) is 10.9 Å². The fourth-order valence-electron chi connectivity index (χ4n) is 5.01. The molecule has 40 heavy (non-hydrogen) atoms. The number of para-hydroxylation sites is 1. The molecule has 1 aliphatic rings. The molecule has 0 radical (unpaired) electrons. The molecule has 1 fully saturated rings. The van der Waals surface area contributed by atoms with E-state index in [1.165, 1.54) is 29.3 Å². The number of rotatable bonds is 7. The number of hydrogen-bond donors (Lipinski definition) is 1. The quantitative estimate of drug-likeness (QED) is 0.303. The lowest BCUT2D eigenvalue weighted by Crippen LogP contribution is -2.45. The van der Waals surface area contributed by atoms with Crippen LogP contribution in [0, 0.1) is 0 Å². The van der Waals surface area contributed by atoms with Crippen LogP contribution in [0.15, 0.2) is 83.9 Å². The summed E-state index contributed by atoms with van der Waals surface area (Å²) < 4.78 is 57.9. The Bertz CT molecular complexity index is 1670. The molecule has 0 spiro atoms. The number of carbonyl (C=O) groups excluding carboxylic acids is 1. The highest BCUT2D eigenvalue weighted by molar-refractivity contribution is 7.90. The second-order valence-corrected chi connectivity index (χ2v) is 12.0. The van der Waals surface area contributed by atoms with Crippen molar-refractivity contribution in [3.05, 3.63) is 101 Å². The molecule has 1 saturated heterocycles. The number of aliphatic hydroxyl groups is 1. The summed E-state index contributed by atoms with van der Waals surface area (Å²) in [6.45, 7) is -2.93. The van der Waals surface area contributed by atoms with Gasteiger partial charge in [-0.05, 0) is 48.7 Å². The summed E-state index contributed by atoms with van der Waals surface area (Å²) in [4.78, 5) is 19.0. The molecule has 1 aliphatic heterocycles. The highest BCUT2D eigenvalue weighted by Crippen LogP contribution is 2.37. The summed E-state index contributed by atoms with van der Waals surface area (Å²) in [7, 11) is -3.92. The van der Waals surface area contributed by atoms with Gasteiger partial charge in [0.25, 0.3) is 5.91 Å². The lowest BCUT2D eigenvalue weighted by atomic mass is 9.84. The zero-order valence-electron chi connectivity index (χ0n) is 21.1. The van der Waals surface area contributed by atoms with Gasteiger partial charge in [0.1, 0.15) is 5.75 Å². The Morgan fingerprint density at radius 3 is 2.50 bits per heavy atom. The van der Waals surface area contributed by atoms with Crippen LogP contribution in [0.5, 0.6) is 5.75 Å². The predicted molar refractivity (Wildman–Crippen MR) is 146 cm³/mol. The van der Waals surface area contributed by atoms with Gasteiger partial charge in [-0.2, -0.15) is 8.78 Å². The minimum absolute atomic E-state index is 0.0152. The fourth-order valence-corrected chi connectivity index (χ4v) is 6.85. The van der Waals surface area contributed by atoms with Crippen molar-refractivity contribution >= 4 is 38.2 Å². The second kappa shape index (κ2) is 11.1. The number of halogens is 3. The minimum Gasteiger partial charge on any atom is -0.434 e. The van der Waals surface area contributed by atoms with Crippen LogP contribution in [0.2, 0.25) is 5.02 Å². The van der Waals surface area contributed by atoms with Gasteiger partial charge in [-0.1, -0.05) is 54.1 Å². The first-order chi connectivity index (χ1) is 19.1. The van der Waals surface area contributed by atoms with Crippen LogP contribution in [0.4, 0.5) is 8.78 Å². The SMILES string of the molecule is O=C(c1ccc(CS(=O)(=O)c2cccc3cccnc23)cc1OC(F)F)N1CCC(O)(c2ccccc2Cl)CC1. The number of nitrogens with zero attached hydrogens (tertiary/aromatic N) is 2. The number of sulfone groups is 1. The number of benzene rings is 3. The maximum Gasteiger partial charge on any atom is 0.387 e. The number of aromatic nitrogens is 1. The molecule has 3 aromatic carbocycles. The molecule has 0 unspecified atom stereocenters. The molecule has 0 aliphatic carbocycles. The zero-order valence-corrected chi connectivity index (χ0v) is 22.7. The molecule has 7 nitrogen and oxygen atoms in total. The maximum atomic E-state index is 13.3. The molecule has 1 aromatic heterocycles. The van der Waals surface area contributed by atoms with Gasteiger partial charge in [0.15, 0.2) is 9.84 Å². The number of hydrogen-bond acceptors (Lipinski definition) is 6. The molecule has 1 N–H and O–H groups in total. The van der Waals surface area contributed by atoms with Gasteiger partial charge in [-0.25, -0.2) is 8.42 Å². The van der Waals surface area contributed by atoms with Crippen molar-refractivity contribution < 1.29 is 31.8 Å². The number of ether oxygens (including phenoxy) is 1. The number of carbonyl (C=O) groups is 1. The molecule has 0 bridgehead atoms. The van der Waals surface area contributed by atoms with Crippen molar-refractivity contribution in [3.8, 4) is 5.75 Å². The van der Waals surface area contributed by atoms with Crippen LogP contribution in [0.3, 0.4) is 0 Å². The molecular formula is C29H25ClF2N2O5S. The summed E-state index contributed by atoms with van der Waals surface area (Å²) >= 11 is 6.27. The molecule has 0 saturated carbocycles. The first-order valence-corrected chi connectivity index (χ1v) is 14.5. The second-order valence-electron chi connectivity index (χ2n) is 9.60. The highest BCUT2D eigenvalue weighted by atomic mass is 35.5. The molecule has 4 aromatic rings. The first kappa shape index (κ1) is 27.9. The first-order valence-electron chi connectivity index (χ1n) is 12.5. The number of fused-ring (bicyclic) bond motifs is 1. The predicted octanol–water partition coefficient (Wildman–Crippen LogP) is 5.59. The van der Waals surface area contributed by atoms with Crippen LogP contribution in [0.1, 0.15) is 34.3 Å². The van der Waals surface area contributed by atoms with Gasteiger partial charge in [-0.15, -0.1) is 0 Å². The van der Waals surface area contributed by atoms with E-state index < -0.39 is 39.5 Å². The van der Waals surface area contributed by atoms with Gasteiger partial charge >= 0.3 is 6.61 Å². The van der Waals surface area contributed by atoms with E-state index in [2.05, 4.69) is 9.72 Å². The van der Waals surface area contributed by atoms with Crippen LogP contribution in [-0.2, 0) is 21.2 Å². The Kier molecular flexibility index (Phi) is 7.76. The summed E-state index contributed by atoms with van der Waals surface area (Å²) in [6, 6.07) is 19.0. The number of amides is 1. The average molecular weight is 587 g/mol. The normalized spacial score (nSPS) is 15.4. The Morgan fingerprint density at radius 1 is 1.05 bits per heavy atom.